The van der Waals surface area contributed by atoms with Gasteiger partial charge >= 0.3 is 6.18 Å². The van der Waals surface area contributed by atoms with E-state index in [-0.39, 0.29) is 10.7 Å². The maximum absolute atomic E-state index is 13.1. The number of aliphatic hydroxyl groups is 1. The molecule has 1 N–H and O–H groups in total. The molecule has 12 heteroatoms. The van der Waals surface area contributed by atoms with Gasteiger partial charge in [0.25, 0.3) is 12.3 Å². The standard InChI is InChI=1S/C11H10BrF5N4O2/c1-4-3-10(23,9(13)14)21(18-4)8(22)6-5(12)7(11(15,16)17)20(2)19-6/h9,23H,3H2,1-2H3/t10-/m0/s1. The van der Waals surface area contributed by atoms with Crippen LogP contribution in [0, 0.1) is 0 Å². The third kappa shape index (κ3) is 2.84. The maximum atomic E-state index is 13.1. The number of halogens is 6. The highest BCUT2D eigenvalue weighted by Crippen LogP contribution is 2.38. The molecule has 0 saturated heterocycles. The van der Waals surface area contributed by atoms with Crippen LogP contribution in [0.3, 0.4) is 0 Å². The first-order chi connectivity index (χ1) is 10.4. The van der Waals surface area contributed by atoms with Gasteiger partial charge in [0.05, 0.1) is 4.47 Å². The van der Waals surface area contributed by atoms with Crippen molar-refractivity contribution in [2.75, 3.05) is 0 Å². The third-order valence-corrected chi connectivity index (χ3v) is 3.91. The molecule has 1 atom stereocenters. The topological polar surface area (TPSA) is 70.7 Å². The van der Waals surface area contributed by atoms with Gasteiger partial charge in [-0.1, -0.05) is 0 Å². The average Bonchev–Trinajstić information content (AvgIpc) is 2.85. The second-order valence-corrected chi connectivity index (χ2v) is 5.73. The number of nitrogens with zero attached hydrogens (tertiary/aromatic N) is 4. The van der Waals surface area contributed by atoms with Crippen LogP contribution in [0.1, 0.15) is 29.5 Å². The second-order valence-electron chi connectivity index (χ2n) is 4.94. The van der Waals surface area contributed by atoms with Gasteiger partial charge in [-0.2, -0.15) is 28.4 Å². The Hall–Kier alpha value is -1.56. The first-order valence-corrected chi connectivity index (χ1v) is 6.87. The van der Waals surface area contributed by atoms with E-state index in [1.54, 1.807) is 0 Å². The Kier molecular flexibility index (Phi) is 4.26. The molecule has 1 aliphatic heterocycles. The summed E-state index contributed by atoms with van der Waals surface area (Å²) in [6.45, 7) is 1.30. The van der Waals surface area contributed by atoms with Gasteiger partial charge in [0.1, 0.15) is 0 Å². The predicted molar refractivity (Wildman–Crippen MR) is 70.8 cm³/mol. The summed E-state index contributed by atoms with van der Waals surface area (Å²) in [5, 5.41) is 16.9. The van der Waals surface area contributed by atoms with Gasteiger partial charge in [-0.3, -0.25) is 9.48 Å². The van der Waals surface area contributed by atoms with E-state index in [0.717, 1.165) is 7.05 Å². The molecule has 1 aromatic rings. The van der Waals surface area contributed by atoms with Crippen LogP contribution in [0.25, 0.3) is 0 Å². The summed E-state index contributed by atoms with van der Waals surface area (Å²) < 4.78 is 64.5. The van der Waals surface area contributed by atoms with Crippen molar-refractivity contribution in [1.82, 2.24) is 14.8 Å². The fourth-order valence-corrected chi connectivity index (χ4v) is 2.91. The first kappa shape index (κ1) is 17.8. The highest BCUT2D eigenvalue weighted by Gasteiger charge is 2.52. The van der Waals surface area contributed by atoms with Crippen LogP contribution in [-0.4, -0.2) is 43.7 Å². The van der Waals surface area contributed by atoms with Crippen LogP contribution in [0.15, 0.2) is 9.57 Å². The van der Waals surface area contributed by atoms with Gasteiger partial charge in [0.2, 0.25) is 5.72 Å². The minimum Gasteiger partial charge on any atom is -0.364 e. The van der Waals surface area contributed by atoms with Gasteiger partial charge < -0.3 is 5.11 Å². The minimum atomic E-state index is -4.82. The summed E-state index contributed by atoms with van der Waals surface area (Å²) in [5.41, 5.74) is -4.93. The van der Waals surface area contributed by atoms with E-state index in [2.05, 4.69) is 26.1 Å². The van der Waals surface area contributed by atoms with Crippen LogP contribution in [0.2, 0.25) is 0 Å². The summed E-state index contributed by atoms with van der Waals surface area (Å²) >= 11 is 2.61. The van der Waals surface area contributed by atoms with Crippen LogP contribution in [0.5, 0.6) is 0 Å². The number of rotatable bonds is 2. The molecular formula is C11H10BrF5N4O2. The number of aryl methyl sites for hydroxylation is 1. The molecule has 23 heavy (non-hydrogen) atoms. The van der Waals surface area contributed by atoms with Crippen LogP contribution in [-0.2, 0) is 13.2 Å². The summed E-state index contributed by atoms with van der Waals surface area (Å²) in [6.07, 6.45) is -8.80. The van der Waals surface area contributed by atoms with E-state index >= 15 is 0 Å². The molecule has 0 aliphatic carbocycles. The van der Waals surface area contributed by atoms with Gasteiger partial charge in [0, 0.05) is 19.2 Å². The van der Waals surface area contributed by atoms with E-state index in [9.17, 15) is 31.9 Å². The predicted octanol–water partition coefficient (Wildman–Crippen LogP) is 2.38. The summed E-state index contributed by atoms with van der Waals surface area (Å²) in [7, 11) is 0.947. The second kappa shape index (κ2) is 5.51. The number of carbonyl (C=O) groups excluding carboxylic acids is 1. The van der Waals surface area contributed by atoms with Crippen molar-refractivity contribution in [3.8, 4) is 0 Å². The Morgan fingerprint density at radius 1 is 1.43 bits per heavy atom. The molecule has 128 valence electrons. The van der Waals surface area contributed by atoms with Gasteiger partial charge in [-0.25, -0.2) is 8.78 Å². The van der Waals surface area contributed by atoms with Crippen LogP contribution < -0.4 is 0 Å². The van der Waals surface area contributed by atoms with Crippen molar-refractivity contribution in [1.29, 1.82) is 0 Å². The molecule has 1 aliphatic rings. The number of hydrogen-bond acceptors (Lipinski definition) is 4. The Bertz CT molecular complexity index is 687. The molecular weight excluding hydrogens is 395 g/mol. The highest BCUT2D eigenvalue weighted by atomic mass is 79.9. The van der Waals surface area contributed by atoms with Crippen molar-refractivity contribution in [3.05, 3.63) is 15.9 Å². The molecule has 0 unspecified atom stereocenters. The lowest BCUT2D eigenvalue weighted by Gasteiger charge is -2.29. The molecule has 0 radical (unpaired) electrons. The fourth-order valence-electron chi connectivity index (χ4n) is 2.18. The lowest BCUT2D eigenvalue weighted by atomic mass is 10.1. The quantitative estimate of drug-likeness (QED) is 0.769. The van der Waals surface area contributed by atoms with Crippen LogP contribution >= 0.6 is 15.9 Å². The molecule has 0 aromatic carbocycles. The Balaban J connectivity index is 2.50. The number of carbonyl (C=O) groups is 1. The highest BCUT2D eigenvalue weighted by molar-refractivity contribution is 9.10. The summed E-state index contributed by atoms with van der Waals surface area (Å²) in [5.74, 6) is -1.37. The van der Waals surface area contributed by atoms with Gasteiger partial charge in [-0.05, 0) is 22.9 Å². The van der Waals surface area contributed by atoms with Gasteiger partial charge in [0.15, 0.2) is 11.4 Å². The number of alkyl halides is 5. The zero-order valence-corrected chi connectivity index (χ0v) is 13.3. The van der Waals surface area contributed by atoms with E-state index in [1.807, 2.05) is 0 Å². The van der Waals surface area contributed by atoms with E-state index in [4.69, 9.17) is 0 Å². The zero-order chi connectivity index (χ0) is 17.7. The van der Waals surface area contributed by atoms with E-state index in [0.29, 0.717) is 4.68 Å². The molecule has 6 nitrogen and oxygen atoms in total. The Morgan fingerprint density at radius 3 is 2.43 bits per heavy atom. The molecule has 1 amide bonds. The lowest BCUT2D eigenvalue weighted by molar-refractivity contribution is -0.164. The fraction of sp³-hybridized carbons (Fsp3) is 0.545. The molecule has 2 rings (SSSR count). The zero-order valence-electron chi connectivity index (χ0n) is 11.7. The Labute approximate surface area is 134 Å². The van der Waals surface area contributed by atoms with E-state index < -0.39 is 46.5 Å². The maximum Gasteiger partial charge on any atom is 0.434 e. The van der Waals surface area contributed by atoms with Crippen LogP contribution in [0.4, 0.5) is 22.0 Å². The third-order valence-electron chi connectivity index (χ3n) is 3.16. The minimum absolute atomic E-state index is 0.0317. The number of amides is 1. The molecule has 1 aromatic heterocycles. The molecule has 0 bridgehead atoms. The number of hydrogen-bond donors (Lipinski definition) is 1. The SMILES string of the molecule is CC1=NN(C(=O)c2nn(C)c(C(F)(F)F)c2Br)[C@@](O)(C(F)F)C1. The molecule has 0 saturated carbocycles. The van der Waals surface area contributed by atoms with Crippen molar-refractivity contribution in [2.45, 2.75) is 31.7 Å². The first-order valence-electron chi connectivity index (χ1n) is 6.08. The van der Waals surface area contributed by atoms with Crippen molar-refractivity contribution < 1.29 is 31.9 Å². The number of hydrazone groups is 1. The number of aromatic nitrogens is 2. The van der Waals surface area contributed by atoms with Crippen molar-refractivity contribution >= 4 is 27.5 Å². The smallest absolute Gasteiger partial charge is 0.364 e. The normalized spacial score (nSPS) is 22.0. The molecule has 0 fully saturated rings. The summed E-state index contributed by atoms with van der Waals surface area (Å²) in [4.78, 5) is 12.3. The van der Waals surface area contributed by atoms with E-state index in [1.165, 1.54) is 6.92 Å². The lowest BCUT2D eigenvalue weighted by Crippen LogP contribution is -2.51. The molecule has 0 spiro atoms. The molecule has 2 heterocycles. The largest absolute Gasteiger partial charge is 0.434 e. The van der Waals surface area contributed by atoms with Gasteiger partial charge in [-0.15, -0.1) is 0 Å². The monoisotopic (exact) mass is 404 g/mol. The average molecular weight is 405 g/mol. The van der Waals surface area contributed by atoms with Crippen molar-refractivity contribution in [2.24, 2.45) is 12.1 Å². The van der Waals surface area contributed by atoms with Crippen molar-refractivity contribution in [3.63, 3.8) is 0 Å². The Morgan fingerprint density at radius 2 is 2.00 bits per heavy atom. The summed E-state index contributed by atoms with van der Waals surface area (Å²) in [6, 6.07) is 0.